The second kappa shape index (κ2) is 11.7. The Morgan fingerprint density at radius 1 is 1.11 bits per heavy atom. The van der Waals surface area contributed by atoms with Gasteiger partial charge in [-0.3, -0.25) is 4.79 Å². The third kappa shape index (κ3) is 6.09. The van der Waals surface area contributed by atoms with Crippen LogP contribution in [0.4, 0.5) is 0 Å². The highest BCUT2D eigenvalue weighted by molar-refractivity contribution is 6.30. The monoisotopic (exact) mass is 494 g/mol. The number of ether oxygens (including phenoxy) is 1. The van der Waals surface area contributed by atoms with E-state index in [4.69, 9.17) is 21.4 Å². The lowest BCUT2D eigenvalue weighted by Gasteiger charge is -2.08. The van der Waals surface area contributed by atoms with Gasteiger partial charge in [0, 0.05) is 28.9 Å². The molecular formula is C29H23ClN4O2. The van der Waals surface area contributed by atoms with Crippen molar-refractivity contribution in [3.63, 3.8) is 0 Å². The van der Waals surface area contributed by atoms with Crippen molar-refractivity contribution in [2.75, 3.05) is 6.54 Å². The van der Waals surface area contributed by atoms with E-state index in [2.05, 4.69) is 11.9 Å². The number of rotatable bonds is 9. The molecule has 0 saturated carbocycles. The molecule has 0 bridgehead atoms. The summed E-state index contributed by atoms with van der Waals surface area (Å²) in [5.74, 6) is 0.187. The number of para-hydroxylation sites is 1. The molecule has 1 aromatic heterocycles. The standard InChI is InChI=1S/C29H23ClN4O2/c1-2-15-32-29(35)23(18-31)16-24-19-34(26-8-4-3-5-9-26)33-28(24)22-7-6-10-27(17-22)36-20-21-11-13-25(30)14-12-21/h2-14,16-17,19H,1,15,20H2,(H,32,35)/b23-16-. The molecule has 0 unspecified atom stereocenters. The SMILES string of the molecule is C=CCNC(=O)/C(C#N)=C\c1cn(-c2ccccc2)nc1-c1cccc(OCc2ccc(Cl)cc2)c1. The van der Waals surface area contributed by atoms with Crippen LogP contribution in [0.25, 0.3) is 23.0 Å². The molecule has 3 aromatic carbocycles. The molecule has 1 heterocycles. The Kier molecular flexibility index (Phi) is 7.97. The van der Waals surface area contributed by atoms with Crippen LogP contribution < -0.4 is 10.1 Å². The fourth-order valence-corrected chi connectivity index (χ4v) is 3.60. The molecule has 4 rings (SSSR count). The van der Waals surface area contributed by atoms with Gasteiger partial charge >= 0.3 is 0 Å². The number of carbonyl (C=O) groups is 1. The van der Waals surface area contributed by atoms with Gasteiger partial charge in [0.15, 0.2) is 0 Å². The van der Waals surface area contributed by atoms with E-state index in [9.17, 15) is 10.1 Å². The third-order valence-corrected chi connectivity index (χ3v) is 5.51. The summed E-state index contributed by atoms with van der Waals surface area (Å²) >= 11 is 5.97. The predicted molar refractivity (Wildman–Crippen MR) is 142 cm³/mol. The van der Waals surface area contributed by atoms with Gasteiger partial charge in [0.25, 0.3) is 5.91 Å². The Bertz CT molecular complexity index is 1430. The maximum absolute atomic E-state index is 12.5. The number of hydrogen-bond donors (Lipinski definition) is 1. The highest BCUT2D eigenvalue weighted by Crippen LogP contribution is 2.29. The normalized spacial score (nSPS) is 10.9. The van der Waals surface area contributed by atoms with E-state index in [1.165, 1.54) is 0 Å². The zero-order chi connectivity index (χ0) is 25.3. The summed E-state index contributed by atoms with van der Waals surface area (Å²) in [7, 11) is 0. The van der Waals surface area contributed by atoms with Crippen molar-refractivity contribution < 1.29 is 9.53 Å². The average molecular weight is 495 g/mol. The van der Waals surface area contributed by atoms with Crippen LogP contribution in [0.15, 0.2) is 103 Å². The van der Waals surface area contributed by atoms with E-state index in [1.54, 1.807) is 23.0 Å². The number of nitrogens with one attached hydrogen (secondary N) is 1. The van der Waals surface area contributed by atoms with Crippen LogP contribution in [0.2, 0.25) is 5.02 Å². The van der Waals surface area contributed by atoms with Gasteiger partial charge < -0.3 is 10.1 Å². The molecule has 0 radical (unpaired) electrons. The minimum Gasteiger partial charge on any atom is -0.489 e. The molecule has 0 spiro atoms. The second-order valence-electron chi connectivity index (χ2n) is 7.82. The summed E-state index contributed by atoms with van der Waals surface area (Å²) in [5.41, 5.74) is 3.84. The molecule has 0 aliphatic carbocycles. The molecule has 178 valence electrons. The molecule has 0 saturated heterocycles. The largest absolute Gasteiger partial charge is 0.489 e. The van der Waals surface area contributed by atoms with Gasteiger partial charge in [0.1, 0.15) is 29.7 Å². The Morgan fingerprint density at radius 2 is 1.89 bits per heavy atom. The zero-order valence-corrected chi connectivity index (χ0v) is 20.2. The Morgan fingerprint density at radius 3 is 2.61 bits per heavy atom. The van der Waals surface area contributed by atoms with Crippen molar-refractivity contribution in [2.24, 2.45) is 0 Å². The molecule has 1 N–H and O–H groups in total. The first-order chi connectivity index (χ1) is 17.6. The Balaban J connectivity index is 1.69. The summed E-state index contributed by atoms with van der Waals surface area (Å²) in [5, 5.41) is 17.7. The van der Waals surface area contributed by atoms with E-state index < -0.39 is 5.91 Å². The molecule has 0 aliphatic heterocycles. The third-order valence-electron chi connectivity index (χ3n) is 5.26. The second-order valence-corrected chi connectivity index (χ2v) is 8.26. The first kappa shape index (κ1) is 24.5. The van der Waals surface area contributed by atoms with E-state index in [-0.39, 0.29) is 12.1 Å². The summed E-state index contributed by atoms with van der Waals surface area (Å²) < 4.78 is 7.71. The van der Waals surface area contributed by atoms with Crippen molar-refractivity contribution in [1.29, 1.82) is 5.26 Å². The number of nitriles is 1. The highest BCUT2D eigenvalue weighted by atomic mass is 35.5. The molecule has 36 heavy (non-hydrogen) atoms. The first-order valence-electron chi connectivity index (χ1n) is 11.2. The minimum absolute atomic E-state index is 0.0270. The van der Waals surface area contributed by atoms with Gasteiger partial charge in [-0.25, -0.2) is 4.68 Å². The average Bonchev–Trinajstić information content (AvgIpc) is 3.34. The number of nitrogens with zero attached hydrogens (tertiary/aromatic N) is 3. The Hall–Kier alpha value is -4.60. The fourth-order valence-electron chi connectivity index (χ4n) is 3.47. The number of halogens is 1. The molecule has 0 atom stereocenters. The van der Waals surface area contributed by atoms with E-state index in [1.807, 2.05) is 84.9 Å². The summed E-state index contributed by atoms with van der Waals surface area (Å²) in [6.07, 6.45) is 4.90. The van der Waals surface area contributed by atoms with E-state index in [0.717, 1.165) is 16.8 Å². The lowest BCUT2D eigenvalue weighted by Crippen LogP contribution is -2.24. The number of hydrogen-bond acceptors (Lipinski definition) is 4. The summed E-state index contributed by atoms with van der Waals surface area (Å²) in [6.45, 7) is 4.24. The first-order valence-corrected chi connectivity index (χ1v) is 11.6. The van der Waals surface area contributed by atoms with Gasteiger partial charge in [0.2, 0.25) is 0 Å². The number of carbonyl (C=O) groups excluding carboxylic acids is 1. The minimum atomic E-state index is -0.476. The quantitative estimate of drug-likeness (QED) is 0.176. The maximum atomic E-state index is 12.5. The molecule has 0 fully saturated rings. The predicted octanol–water partition coefficient (Wildman–Crippen LogP) is 5.98. The summed E-state index contributed by atoms with van der Waals surface area (Å²) in [4.78, 5) is 12.5. The number of amides is 1. The zero-order valence-electron chi connectivity index (χ0n) is 19.4. The van der Waals surface area contributed by atoms with Crippen LogP contribution in [-0.4, -0.2) is 22.2 Å². The molecular weight excluding hydrogens is 472 g/mol. The van der Waals surface area contributed by atoms with E-state index >= 15 is 0 Å². The van der Waals surface area contributed by atoms with Gasteiger partial charge in [-0.2, -0.15) is 10.4 Å². The lowest BCUT2D eigenvalue weighted by molar-refractivity contribution is -0.116. The highest BCUT2D eigenvalue weighted by Gasteiger charge is 2.15. The van der Waals surface area contributed by atoms with Gasteiger partial charge in [-0.15, -0.1) is 6.58 Å². The molecule has 0 aliphatic rings. The van der Waals surface area contributed by atoms with Gasteiger partial charge in [-0.1, -0.05) is 60.1 Å². The van der Waals surface area contributed by atoms with Crippen LogP contribution in [-0.2, 0) is 11.4 Å². The molecule has 1 amide bonds. The lowest BCUT2D eigenvalue weighted by atomic mass is 10.1. The van der Waals surface area contributed by atoms with Crippen molar-refractivity contribution in [2.45, 2.75) is 6.61 Å². The van der Waals surface area contributed by atoms with Crippen molar-refractivity contribution >= 4 is 23.6 Å². The van der Waals surface area contributed by atoms with Crippen LogP contribution in [0.5, 0.6) is 5.75 Å². The molecule has 6 nitrogen and oxygen atoms in total. The topological polar surface area (TPSA) is 79.9 Å². The summed E-state index contributed by atoms with van der Waals surface area (Å²) in [6, 6.07) is 26.6. The van der Waals surface area contributed by atoms with E-state index in [0.29, 0.717) is 28.6 Å². The number of aromatic nitrogens is 2. The van der Waals surface area contributed by atoms with Crippen LogP contribution in [0, 0.1) is 11.3 Å². The number of benzene rings is 3. The van der Waals surface area contributed by atoms with Crippen LogP contribution in [0.3, 0.4) is 0 Å². The fraction of sp³-hybridized carbons (Fsp3) is 0.0690. The maximum Gasteiger partial charge on any atom is 0.262 e. The van der Waals surface area contributed by atoms with Gasteiger partial charge in [0.05, 0.1) is 5.69 Å². The smallest absolute Gasteiger partial charge is 0.262 e. The van der Waals surface area contributed by atoms with Crippen molar-refractivity contribution in [3.05, 3.63) is 119 Å². The van der Waals surface area contributed by atoms with Gasteiger partial charge in [-0.05, 0) is 48.0 Å². The molecule has 7 heteroatoms. The van der Waals surface area contributed by atoms with Crippen LogP contribution >= 0.6 is 11.6 Å². The molecule has 4 aromatic rings. The van der Waals surface area contributed by atoms with Crippen molar-refractivity contribution in [3.8, 4) is 28.8 Å². The Labute approximate surface area is 214 Å². The van der Waals surface area contributed by atoms with Crippen LogP contribution in [0.1, 0.15) is 11.1 Å². The van der Waals surface area contributed by atoms with Crippen molar-refractivity contribution in [1.82, 2.24) is 15.1 Å².